The van der Waals surface area contributed by atoms with Gasteiger partial charge in [0.1, 0.15) is 11.0 Å². The summed E-state index contributed by atoms with van der Waals surface area (Å²) in [4.78, 5) is 24.1. The Kier molecular flexibility index (Phi) is 6.79. The number of benzene rings is 2. The summed E-state index contributed by atoms with van der Waals surface area (Å²) >= 11 is 6.22. The maximum atomic E-state index is 13.3. The quantitative estimate of drug-likeness (QED) is 0.504. The van der Waals surface area contributed by atoms with Crippen LogP contribution in [0.25, 0.3) is 0 Å². The van der Waals surface area contributed by atoms with Gasteiger partial charge in [-0.3, -0.25) is 9.69 Å². The van der Waals surface area contributed by atoms with Crippen LogP contribution in [0.2, 0.25) is 5.15 Å². The molecule has 3 heterocycles. The van der Waals surface area contributed by atoms with Crippen molar-refractivity contribution in [2.75, 3.05) is 50.7 Å². The Morgan fingerprint density at radius 1 is 0.941 bits per heavy atom. The number of hydrogen-bond donors (Lipinski definition) is 0. The summed E-state index contributed by atoms with van der Waals surface area (Å²) in [6.45, 7) is 6.00. The highest BCUT2D eigenvalue weighted by atomic mass is 35.5. The molecule has 0 unspecified atom stereocenters. The molecule has 1 aromatic heterocycles. The molecule has 0 bridgehead atoms. The highest BCUT2D eigenvalue weighted by Gasteiger charge is 2.38. The molecule has 2 atom stereocenters. The molecule has 5 nitrogen and oxygen atoms in total. The maximum Gasteiger partial charge on any atom is 0.257 e. The van der Waals surface area contributed by atoms with Crippen LogP contribution in [0.5, 0.6) is 0 Å². The molecule has 2 aliphatic rings. The lowest BCUT2D eigenvalue weighted by Crippen LogP contribution is -2.48. The molecule has 7 heteroatoms. The van der Waals surface area contributed by atoms with Crippen molar-refractivity contribution in [2.24, 2.45) is 5.92 Å². The van der Waals surface area contributed by atoms with Gasteiger partial charge in [-0.05, 0) is 47.9 Å². The van der Waals surface area contributed by atoms with E-state index in [0.717, 1.165) is 38.4 Å². The Balaban J connectivity index is 1.28. The zero-order chi connectivity index (χ0) is 23.5. The summed E-state index contributed by atoms with van der Waals surface area (Å²) < 4.78 is 13.3. The van der Waals surface area contributed by atoms with Gasteiger partial charge in [-0.25, -0.2) is 9.37 Å². The third kappa shape index (κ3) is 4.93. The minimum absolute atomic E-state index is 0.0531. The molecule has 0 radical (unpaired) electrons. The fourth-order valence-corrected chi connectivity index (χ4v) is 5.39. The van der Waals surface area contributed by atoms with E-state index in [1.54, 1.807) is 18.3 Å². The largest absolute Gasteiger partial charge is 0.369 e. The van der Waals surface area contributed by atoms with Crippen molar-refractivity contribution in [2.45, 2.75) is 5.92 Å². The van der Waals surface area contributed by atoms with E-state index in [4.69, 9.17) is 11.6 Å². The number of amides is 1. The van der Waals surface area contributed by atoms with Gasteiger partial charge in [-0.15, -0.1) is 0 Å². The summed E-state index contributed by atoms with van der Waals surface area (Å²) in [6, 6.07) is 20.7. The number of aromatic nitrogens is 1. The predicted molar refractivity (Wildman–Crippen MR) is 133 cm³/mol. The Hall–Kier alpha value is -2.96. The van der Waals surface area contributed by atoms with Gasteiger partial charge in [0, 0.05) is 63.6 Å². The van der Waals surface area contributed by atoms with Crippen molar-refractivity contribution in [1.29, 1.82) is 0 Å². The topological polar surface area (TPSA) is 39.7 Å². The second-order valence-electron chi connectivity index (χ2n) is 9.09. The van der Waals surface area contributed by atoms with E-state index in [9.17, 15) is 9.18 Å². The zero-order valence-electron chi connectivity index (χ0n) is 19.0. The van der Waals surface area contributed by atoms with E-state index < -0.39 is 0 Å². The highest BCUT2D eigenvalue weighted by molar-refractivity contribution is 6.32. The molecular weight excluding hydrogens is 451 g/mol. The van der Waals surface area contributed by atoms with Gasteiger partial charge in [0.25, 0.3) is 5.91 Å². The third-order valence-electron chi connectivity index (χ3n) is 7.00. The van der Waals surface area contributed by atoms with Crippen molar-refractivity contribution in [3.63, 3.8) is 0 Å². The average Bonchev–Trinajstić information content (AvgIpc) is 3.29. The summed E-state index contributed by atoms with van der Waals surface area (Å²) in [5, 5.41) is 0.254. The van der Waals surface area contributed by atoms with Crippen LogP contribution in [0.4, 0.5) is 10.1 Å². The van der Waals surface area contributed by atoms with Crippen LogP contribution in [-0.4, -0.2) is 66.5 Å². The average molecular weight is 479 g/mol. The van der Waals surface area contributed by atoms with Gasteiger partial charge in [0.15, 0.2) is 0 Å². The van der Waals surface area contributed by atoms with E-state index in [-0.39, 0.29) is 22.8 Å². The first-order valence-electron chi connectivity index (χ1n) is 11.8. The van der Waals surface area contributed by atoms with Crippen LogP contribution in [-0.2, 0) is 0 Å². The van der Waals surface area contributed by atoms with Crippen LogP contribution in [0.3, 0.4) is 0 Å². The molecule has 2 aromatic carbocycles. The predicted octanol–water partition coefficient (Wildman–Crippen LogP) is 4.55. The number of hydrogen-bond acceptors (Lipinski definition) is 4. The lowest BCUT2D eigenvalue weighted by atomic mass is 9.88. The molecule has 3 aromatic rings. The lowest BCUT2D eigenvalue weighted by Gasteiger charge is -2.37. The van der Waals surface area contributed by atoms with Crippen LogP contribution in [0.15, 0.2) is 72.9 Å². The molecule has 2 saturated heterocycles. The Morgan fingerprint density at radius 2 is 1.68 bits per heavy atom. The molecule has 2 aliphatic heterocycles. The monoisotopic (exact) mass is 478 g/mol. The van der Waals surface area contributed by atoms with Crippen LogP contribution < -0.4 is 4.90 Å². The number of carbonyl (C=O) groups excluding carboxylic acids is 1. The molecule has 5 rings (SSSR count). The molecule has 0 spiro atoms. The number of nitrogens with zero attached hydrogens (tertiary/aromatic N) is 4. The Morgan fingerprint density at radius 3 is 2.38 bits per heavy atom. The van der Waals surface area contributed by atoms with Gasteiger partial charge >= 0.3 is 0 Å². The van der Waals surface area contributed by atoms with Crippen LogP contribution in [0.1, 0.15) is 21.8 Å². The van der Waals surface area contributed by atoms with Crippen molar-refractivity contribution < 1.29 is 9.18 Å². The smallest absolute Gasteiger partial charge is 0.257 e. The third-order valence-corrected chi connectivity index (χ3v) is 7.30. The molecule has 0 aliphatic carbocycles. The van der Waals surface area contributed by atoms with E-state index in [1.165, 1.54) is 17.7 Å². The molecular formula is C27H28ClFN4O. The lowest BCUT2D eigenvalue weighted by molar-refractivity contribution is 0.0782. The normalized spacial score (nSPS) is 21.1. The summed E-state index contributed by atoms with van der Waals surface area (Å²) in [5.41, 5.74) is 2.80. The molecule has 176 valence electrons. The fourth-order valence-electron chi connectivity index (χ4n) is 5.19. The number of piperazine rings is 1. The first-order chi connectivity index (χ1) is 16.6. The van der Waals surface area contributed by atoms with Gasteiger partial charge in [0.05, 0.1) is 5.56 Å². The van der Waals surface area contributed by atoms with Crippen molar-refractivity contribution in [3.05, 3.63) is 95.0 Å². The van der Waals surface area contributed by atoms with Crippen LogP contribution in [0, 0.1) is 11.7 Å². The number of likely N-dealkylation sites (tertiary alicyclic amines) is 1. The van der Waals surface area contributed by atoms with Gasteiger partial charge in [-0.2, -0.15) is 0 Å². The molecule has 0 saturated carbocycles. The summed E-state index contributed by atoms with van der Waals surface area (Å²) in [5.74, 6) is 0.347. The zero-order valence-corrected chi connectivity index (χ0v) is 19.7. The SMILES string of the molecule is O=C(c1cccnc1Cl)N1C[C@@H](CN2CCN(c3ccc(F)cc3)CC2)[C@@H](c2ccccc2)C1. The number of carbonyl (C=O) groups is 1. The van der Waals surface area contributed by atoms with Gasteiger partial charge in [-0.1, -0.05) is 41.9 Å². The minimum atomic E-state index is -0.206. The maximum absolute atomic E-state index is 13.3. The van der Waals surface area contributed by atoms with Gasteiger partial charge < -0.3 is 9.80 Å². The Labute approximate surface area is 204 Å². The number of pyridine rings is 1. The van der Waals surface area contributed by atoms with Gasteiger partial charge in [0.2, 0.25) is 0 Å². The second kappa shape index (κ2) is 10.1. The fraction of sp³-hybridized carbons (Fsp3) is 0.333. The number of halogens is 2. The first kappa shape index (κ1) is 22.8. The Bertz CT molecular complexity index is 1120. The standard InChI is InChI=1S/C27H28ClFN4O/c28-26-24(7-4-12-30-26)27(34)33-18-21(25(19-33)20-5-2-1-3-6-20)17-31-13-15-32(16-14-31)23-10-8-22(29)9-11-23/h1-12,21,25H,13-19H2/t21-,25-/m1/s1. The molecule has 1 amide bonds. The van der Waals surface area contributed by atoms with Crippen molar-refractivity contribution >= 4 is 23.2 Å². The molecule has 0 N–H and O–H groups in total. The number of anilines is 1. The highest BCUT2D eigenvalue weighted by Crippen LogP contribution is 2.35. The van der Waals surface area contributed by atoms with E-state index in [0.29, 0.717) is 24.6 Å². The number of rotatable bonds is 5. The van der Waals surface area contributed by atoms with E-state index >= 15 is 0 Å². The van der Waals surface area contributed by atoms with Crippen molar-refractivity contribution in [3.8, 4) is 0 Å². The van der Waals surface area contributed by atoms with Crippen LogP contribution >= 0.6 is 11.6 Å². The summed E-state index contributed by atoms with van der Waals surface area (Å²) in [7, 11) is 0. The minimum Gasteiger partial charge on any atom is -0.369 e. The van der Waals surface area contributed by atoms with E-state index in [1.807, 2.05) is 23.1 Å². The molecule has 34 heavy (non-hydrogen) atoms. The second-order valence-corrected chi connectivity index (χ2v) is 9.45. The molecule has 2 fully saturated rings. The van der Waals surface area contributed by atoms with Crippen molar-refractivity contribution in [1.82, 2.24) is 14.8 Å². The first-order valence-corrected chi connectivity index (χ1v) is 12.1. The van der Waals surface area contributed by atoms with E-state index in [2.05, 4.69) is 39.0 Å². The summed E-state index contributed by atoms with van der Waals surface area (Å²) in [6.07, 6.45) is 1.60.